The third kappa shape index (κ3) is 3.67. The summed E-state index contributed by atoms with van der Waals surface area (Å²) in [6.07, 6.45) is 2.75. The molecule has 2 atom stereocenters. The third-order valence-corrected chi connectivity index (χ3v) is 2.70. The fraction of sp³-hybridized carbons (Fsp3) is 0.917. The van der Waals surface area contributed by atoms with E-state index in [9.17, 15) is 4.79 Å². The first kappa shape index (κ1) is 13.3. The highest BCUT2D eigenvalue weighted by atomic mass is 16.6. The maximum absolute atomic E-state index is 11.9. The van der Waals surface area contributed by atoms with E-state index in [1.165, 1.54) is 0 Å². The summed E-state index contributed by atoms with van der Waals surface area (Å²) in [6.45, 7) is 8.40. The highest BCUT2D eigenvalue weighted by molar-refractivity contribution is 5.69. The summed E-state index contributed by atoms with van der Waals surface area (Å²) in [5.74, 6) is 0. The zero-order chi connectivity index (χ0) is 12.3. The molecule has 2 N–H and O–H groups in total. The first-order valence-corrected chi connectivity index (χ1v) is 6.08. The van der Waals surface area contributed by atoms with Gasteiger partial charge in [-0.25, -0.2) is 4.79 Å². The van der Waals surface area contributed by atoms with Gasteiger partial charge in [-0.05, 0) is 33.6 Å². The molecule has 1 heterocycles. The molecule has 1 amide bonds. The topological polar surface area (TPSA) is 55.6 Å². The summed E-state index contributed by atoms with van der Waals surface area (Å²) in [5, 5.41) is 0. The summed E-state index contributed by atoms with van der Waals surface area (Å²) in [6, 6.07) is 0.360. The van der Waals surface area contributed by atoms with Crippen LogP contribution >= 0.6 is 0 Å². The molecular formula is C12H24N2O2. The van der Waals surface area contributed by atoms with Gasteiger partial charge in [0.25, 0.3) is 0 Å². The van der Waals surface area contributed by atoms with Gasteiger partial charge in [-0.3, -0.25) is 0 Å². The van der Waals surface area contributed by atoms with Crippen LogP contribution in [0.3, 0.4) is 0 Å². The molecule has 4 nitrogen and oxygen atoms in total. The molecule has 0 saturated carbocycles. The van der Waals surface area contributed by atoms with Crippen LogP contribution < -0.4 is 5.73 Å². The first-order valence-electron chi connectivity index (χ1n) is 6.08. The molecule has 2 unspecified atom stereocenters. The van der Waals surface area contributed by atoms with E-state index in [4.69, 9.17) is 10.5 Å². The minimum Gasteiger partial charge on any atom is -0.444 e. The number of nitrogens with zero attached hydrogens (tertiary/aromatic N) is 1. The molecule has 1 saturated heterocycles. The van der Waals surface area contributed by atoms with Crippen molar-refractivity contribution in [3.63, 3.8) is 0 Å². The molecule has 0 aliphatic carbocycles. The minimum atomic E-state index is -0.430. The molecule has 0 aromatic carbocycles. The van der Waals surface area contributed by atoms with E-state index in [2.05, 4.69) is 6.92 Å². The van der Waals surface area contributed by atoms with Gasteiger partial charge in [0.1, 0.15) is 5.60 Å². The Hall–Kier alpha value is -0.770. The standard InChI is InChI=1S/C12H24N2O2/c1-5-6-10-7-9(13)8-14(10)11(15)16-12(2,3)4/h9-10H,5-8,13H2,1-4H3. The molecule has 0 bridgehead atoms. The van der Waals surface area contributed by atoms with Gasteiger partial charge in [-0.1, -0.05) is 13.3 Å². The van der Waals surface area contributed by atoms with E-state index in [0.29, 0.717) is 6.54 Å². The minimum absolute atomic E-state index is 0.101. The van der Waals surface area contributed by atoms with Crippen molar-refractivity contribution in [2.24, 2.45) is 5.73 Å². The normalized spacial score (nSPS) is 25.9. The lowest BCUT2D eigenvalue weighted by molar-refractivity contribution is 0.0218. The lowest BCUT2D eigenvalue weighted by atomic mass is 10.1. The van der Waals surface area contributed by atoms with E-state index in [1.54, 1.807) is 4.90 Å². The van der Waals surface area contributed by atoms with Crippen molar-refractivity contribution < 1.29 is 9.53 Å². The summed E-state index contributed by atoms with van der Waals surface area (Å²) >= 11 is 0. The first-order chi connectivity index (χ1) is 7.33. The Bertz CT molecular complexity index is 248. The Morgan fingerprint density at radius 3 is 2.62 bits per heavy atom. The smallest absolute Gasteiger partial charge is 0.410 e. The van der Waals surface area contributed by atoms with Crippen LogP contribution in [0.25, 0.3) is 0 Å². The van der Waals surface area contributed by atoms with Crippen molar-refractivity contribution in [1.29, 1.82) is 0 Å². The maximum Gasteiger partial charge on any atom is 0.410 e. The lowest BCUT2D eigenvalue weighted by Gasteiger charge is -2.28. The van der Waals surface area contributed by atoms with Gasteiger partial charge in [-0.2, -0.15) is 0 Å². The van der Waals surface area contributed by atoms with Crippen molar-refractivity contribution in [3.05, 3.63) is 0 Å². The highest BCUT2D eigenvalue weighted by Gasteiger charge is 2.35. The molecule has 1 aliphatic rings. The van der Waals surface area contributed by atoms with Gasteiger partial charge >= 0.3 is 6.09 Å². The van der Waals surface area contributed by atoms with Crippen molar-refractivity contribution >= 4 is 6.09 Å². The summed E-state index contributed by atoms with van der Waals surface area (Å²) in [4.78, 5) is 13.7. The zero-order valence-corrected chi connectivity index (χ0v) is 10.8. The number of carbonyl (C=O) groups is 1. The number of carbonyl (C=O) groups excluding carboxylic acids is 1. The van der Waals surface area contributed by atoms with Gasteiger partial charge < -0.3 is 15.4 Å². The van der Waals surface area contributed by atoms with Crippen LogP contribution in [0.15, 0.2) is 0 Å². The van der Waals surface area contributed by atoms with Gasteiger partial charge in [0.15, 0.2) is 0 Å². The predicted molar refractivity (Wildman–Crippen MR) is 64.2 cm³/mol. The summed E-state index contributed by atoms with van der Waals surface area (Å²) in [7, 11) is 0. The molecule has 0 radical (unpaired) electrons. The summed E-state index contributed by atoms with van der Waals surface area (Å²) in [5.41, 5.74) is 5.47. The van der Waals surface area contributed by atoms with Crippen LogP contribution in [0.1, 0.15) is 47.0 Å². The molecule has 1 rings (SSSR count). The monoisotopic (exact) mass is 228 g/mol. The van der Waals surface area contributed by atoms with Gasteiger partial charge in [0, 0.05) is 18.6 Å². The number of rotatable bonds is 2. The average molecular weight is 228 g/mol. The lowest BCUT2D eigenvalue weighted by Crippen LogP contribution is -2.40. The highest BCUT2D eigenvalue weighted by Crippen LogP contribution is 2.23. The van der Waals surface area contributed by atoms with Crippen molar-refractivity contribution in [1.82, 2.24) is 4.90 Å². The number of nitrogens with two attached hydrogens (primary N) is 1. The Labute approximate surface area is 98.1 Å². The molecule has 1 fully saturated rings. The van der Waals surface area contributed by atoms with E-state index in [1.807, 2.05) is 20.8 Å². The number of hydrogen-bond acceptors (Lipinski definition) is 3. The molecule has 1 aliphatic heterocycles. The predicted octanol–water partition coefficient (Wildman–Crippen LogP) is 2.12. The average Bonchev–Trinajstić information content (AvgIpc) is 2.44. The Kier molecular flexibility index (Phi) is 4.19. The Morgan fingerprint density at radius 1 is 1.50 bits per heavy atom. The van der Waals surface area contributed by atoms with Crippen molar-refractivity contribution in [2.45, 2.75) is 64.6 Å². The van der Waals surface area contributed by atoms with E-state index < -0.39 is 5.60 Å². The summed E-state index contributed by atoms with van der Waals surface area (Å²) < 4.78 is 5.38. The number of ether oxygens (including phenoxy) is 1. The van der Waals surface area contributed by atoms with Gasteiger partial charge in [0.2, 0.25) is 0 Å². The molecule has 0 aromatic rings. The van der Waals surface area contributed by atoms with Crippen LogP contribution in [0.4, 0.5) is 4.79 Å². The van der Waals surface area contributed by atoms with E-state index in [-0.39, 0.29) is 18.2 Å². The SMILES string of the molecule is CCCC1CC(N)CN1C(=O)OC(C)(C)C. The van der Waals surface area contributed by atoms with Crippen molar-refractivity contribution in [2.75, 3.05) is 6.54 Å². The fourth-order valence-corrected chi connectivity index (χ4v) is 2.10. The fourth-order valence-electron chi connectivity index (χ4n) is 2.10. The van der Waals surface area contributed by atoms with Crippen molar-refractivity contribution in [3.8, 4) is 0 Å². The van der Waals surface area contributed by atoms with Gasteiger partial charge in [-0.15, -0.1) is 0 Å². The largest absolute Gasteiger partial charge is 0.444 e. The number of hydrogen-bond donors (Lipinski definition) is 1. The molecule has 0 spiro atoms. The molecule has 4 heteroatoms. The Balaban J connectivity index is 2.59. The van der Waals surface area contributed by atoms with Crippen LogP contribution in [0, 0.1) is 0 Å². The molecule has 0 aromatic heterocycles. The Morgan fingerprint density at radius 2 is 2.12 bits per heavy atom. The molecular weight excluding hydrogens is 204 g/mol. The quantitative estimate of drug-likeness (QED) is 0.787. The van der Waals surface area contributed by atoms with Crippen LogP contribution in [0.5, 0.6) is 0 Å². The number of amides is 1. The van der Waals surface area contributed by atoms with Gasteiger partial charge in [0.05, 0.1) is 0 Å². The molecule has 94 valence electrons. The maximum atomic E-state index is 11.9. The molecule has 16 heavy (non-hydrogen) atoms. The second-order valence-electron chi connectivity index (χ2n) is 5.57. The van der Waals surface area contributed by atoms with Crippen LogP contribution in [0.2, 0.25) is 0 Å². The van der Waals surface area contributed by atoms with Crippen LogP contribution in [-0.2, 0) is 4.74 Å². The second-order valence-corrected chi connectivity index (χ2v) is 5.57. The van der Waals surface area contributed by atoms with Crippen LogP contribution in [-0.4, -0.2) is 35.2 Å². The van der Waals surface area contributed by atoms with E-state index >= 15 is 0 Å². The van der Waals surface area contributed by atoms with E-state index in [0.717, 1.165) is 19.3 Å². The zero-order valence-electron chi connectivity index (χ0n) is 10.8. The number of likely N-dealkylation sites (tertiary alicyclic amines) is 1. The third-order valence-electron chi connectivity index (χ3n) is 2.70. The second kappa shape index (κ2) is 5.04.